The zero-order chi connectivity index (χ0) is 16.2. The van der Waals surface area contributed by atoms with Crippen LogP contribution in [0, 0.1) is 5.82 Å². The maximum absolute atomic E-state index is 13.4. The molecule has 0 radical (unpaired) electrons. The highest BCUT2D eigenvalue weighted by Gasteiger charge is 2.32. The number of amides is 1. The number of rotatable bonds is 4. The lowest BCUT2D eigenvalue weighted by Crippen LogP contribution is -2.34. The summed E-state index contributed by atoms with van der Waals surface area (Å²) in [6.45, 7) is -0.414. The van der Waals surface area contributed by atoms with E-state index in [1.807, 2.05) is 0 Å². The molecule has 4 nitrogen and oxygen atoms in total. The number of benzene rings is 1. The maximum Gasteiger partial charge on any atom is 0.416 e. The Bertz CT molecular complexity index is 548. The van der Waals surface area contributed by atoms with E-state index in [2.05, 4.69) is 10.1 Å². The highest BCUT2D eigenvalue weighted by Crippen LogP contribution is 2.30. The average Bonchev–Trinajstić information content (AvgIpc) is 2.42. The summed E-state index contributed by atoms with van der Waals surface area (Å²) in [5, 5.41) is 0.825. The third kappa shape index (κ3) is 4.59. The van der Waals surface area contributed by atoms with Gasteiger partial charge in [-0.2, -0.15) is 13.2 Å². The van der Waals surface area contributed by atoms with E-state index in [9.17, 15) is 27.2 Å². The van der Waals surface area contributed by atoms with Crippen LogP contribution in [0.25, 0.3) is 0 Å². The summed E-state index contributed by atoms with van der Waals surface area (Å²) in [7, 11) is 1.08. The molecule has 9 heteroatoms. The molecule has 21 heavy (non-hydrogen) atoms. The van der Waals surface area contributed by atoms with Crippen molar-refractivity contribution in [1.29, 1.82) is 0 Å². The van der Waals surface area contributed by atoms with E-state index >= 15 is 0 Å². The summed E-state index contributed by atoms with van der Waals surface area (Å²) < 4.78 is 55.2. The van der Waals surface area contributed by atoms with Crippen LogP contribution in [0.2, 0.25) is 0 Å². The molecule has 0 spiro atoms. The van der Waals surface area contributed by atoms with E-state index < -0.39 is 46.9 Å². The highest BCUT2D eigenvalue weighted by atomic mass is 35.5. The first-order valence-electron chi connectivity index (χ1n) is 5.53. The summed E-state index contributed by atoms with van der Waals surface area (Å²) in [6.07, 6.45) is -4.70. The largest absolute Gasteiger partial charge is 0.468 e. The first-order chi connectivity index (χ1) is 9.66. The van der Waals surface area contributed by atoms with E-state index in [4.69, 9.17) is 11.6 Å². The molecule has 116 valence electrons. The Kier molecular flexibility index (Phi) is 5.54. The van der Waals surface area contributed by atoms with Crippen molar-refractivity contribution in [2.75, 3.05) is 13.7 Å². The number of carbonyl (C=O) groups is 2. The SMILES string of the molecule is COC(=O)C(Cl)CNC(=O)c1cc(C(F)(F)F)ccc1F. The van der Waals surface area contributed by atoms with Crippen molar-refractivity contribution < 1.29 is 31.9 Å². The van der Waals surface area contributed by atoms with Crippen molar-refractivity contribution in [2.45, 2.75) is 11.6 Å². The number of methoxy groups -OCH3 is 1. The van der Waals surface area contributed by atoms with Gasteiger partial charge in [0.05, 0.1) is 18.2 Å². The van der Waals surface area contributed by atoms with Crippen molar-refractivity contribution in [2.24, 2.45) is 0 Å². The molecular weight excluding hydrogens is 318 g/mol. The van der Waals surface area contributed by atoms with Crippen molar-refractivity contribution >= 4 is 23.5 Å². The molecule has 1 amide bonds. The molecule has 1 aromatic carbocycles. The molecule has 0 saturated heterocycles. The number of ether oxygens (including phenoxy) is 1. The number of alkyl halides is 4. The number of halogens is 5. The fourth-order valence-electron chi connectivity index (χ4n) is 1.36. The second kappa shape index (κ2) is 6.75. The number of hydrogen-bond acceptors (Lipinski definition) is 3. The van der Waals surface area contributed by atoms with E-state index in [1.165, 1.54) is 0 Å². The number of carbonyl (C=O) groups excluding carboxylic acids is 2. The van der Waals surface area contributed by atoms with Crippen LogP contribution in [0.5, 0.6) is 0 Å². The zero-order valence-electron chi connectivity index (χ0n) is 10.6. The van der Waals surface area contributed by atoms with Gasteiger partial charge in [0, 0.05) is 6.54 Å². The van der Waals surface area contributed by atoms with Crippen LogP contribution < -0.4 is 5.32 Å². The molecule has 0 bridgehead atoms. The standard InChI is InChI=1S/C12H10ClF4NO3/c1-21-11(20)8(13)5-18-10(19)7-4-6(12(15,16)17)2-3-9(7)14/h2-4,8H,5H2,1H3,(H,18,19). The van der Waals surface area contributed by atoms with Gasteiger partial charge >= 0.3 is 12.1 Å². The third-order valence-electron chi connectivity index (χ3n) is 2.44. The summed E-state index contributed by atoms with van der Waals surface area (Å²) in [5.74, 6) is -3.07. The summed E-state index contributed by atoms with van der Waals surface area (Å²) in [4.78, 5) is 22.6. The van der Waals surface area contributed by atoms with Gasteiger partial charge in [0.15, 0.2) is 0 Å². The third-order valence-corrected chi connectivity index (χ3v) is 2.77. The van der Waals surface area contributed by atoms with Gasteiger partial charge in [-0.15, -0.1) is 11.6 Å². The van der Waals surface area contributed by atoms with E-state index in [1.54, 1.807) is 0 Å². The maximum atomic E-state index is 13.4. The van der Waals surface area contributed by atoms with Gasteiger partial charge in [-0.05, 0) is 18.2 Å². The fraction of sp³-hybridized carbons (Fsp3) is 0.333. The lowest BCUT2D eigenvalue weighted by molar-refractivity contribution is -0.140. The molecule has 0 heterocycles. The first-order valence-corrected chi connectivity index (χ1v) is 5.97. The predicted octanol–water partition coefficient (Wildman–Crippen LogP) is 2.35. The molecule has 0 aliphatic carbocycles. The molecular formula is C12H10ClF4NO3. The quantitative estimate of drug-likeness (QED) is 0.525. The van der Waals surface area contributed by atoms with Crippen LogP contribution in [-0.2, 0) is 15.7 Å². The van der Waals surface area contributed by atoms with Crippen LogP contribution >= 0.6 is 11.6 Å². The molecule has 1 aromatic rings. The Hall–Kier alpha value is -1.83. The van der Waals surface area contributed by atoms with Gasteiger partial charge in [0.2, 0.25) is 0 Å². The second-order valence-corrected chi connectivity index (χ2v) is 4.42. The topological polar surface area (TPSA) is 55.4 Å². The monoisotopic (exact) mass is 327 g/mol. The van der Waals surface area contributed by atoms with E-state index in [0.29, 0.717) is 18.2 Å². The molecule has 0 saturated carbocycles. The van der Waals surface area contributed by atoms with E-state index in [-0.39, 0.29) is 0 Å². The Balaban J connectivity index is 2.85. The lowest BCUT2D eigenvalue weighted by atomic mass is 10.1. The minimum Gasteiger partial charge on any atom is -0.468 e. The summed E-state index contributed by atoms with van der Waals surface area (Å²) >= 11 is 5.54. The smallest absolute Gasteiger partial charge is 0.416 e. The molecule has 0 aromatic heterocycles. The Morgan fingerprint density at radius 1 is 1.38 bits per heavy atom. The summed E-state index contributed by atoms with van der Waals surface area (Å²) in [5.41, 5.74) is -1.96. The minimum atomic E-state index is -4.70. The van der Waals surface area contributed by atoms with Crippen LogP contribution in [-0.4, -0.2) is 30.9 Å². The molecule has 0 fully saturated rings. The average molecular weight is 328 g/mol. The van der Waals surface area contributed by atoms with Gasteiger partial charge in [-0.25, -0.2) is 4.39 Å². The number of nitrogens with one attached hydrogen (secondary N) is 1. The van der Waals surface area contributed by atoms with Crippen LogP contribution in [0.15, 0.2) is 18.2 Å². The van der Waals surface area contributed by atoms with Crippen molar-refractivity contribution in [3.8, 4) is 0 Å². The molecule has 0 aliphatic heterocycles. The van der Waals surface area contributed by atoms with Gasteiger partial charge < -0.3 is 10.1 Å². The Morgan fingerprint density at radius 2 is 2.00 bits per heavy atom. The van der Waals surface area contributed by atoms with Crippen molar-refractivity contribution in [3.63, 3.8) is 0 Å². The number of hydrogen-bond donors (Lipinski definition) is 1. The van der Waals surface area contributed by atoms with Crippen molar-refractivity contribution in [3.05, 3.63) is 35.1 Å². The first kappa shape index (κ1) is 17.2. The van der Waals surface area contributed by atoms with Gasteiger partial charge in [0.25, 0.3) is 5.91 Å². The Labute approximate surface area is 122 Å². The van der Waals surface area contributed by atoms with Gasteiger partial charge in [-0.3, -0.25) is 9.59 Å². The minimum absolute atomic E-state index is 0.381. The fourth-order valence-corrected chi connectivity index (χ4v) is 1.53. The van der Waals surface area contributed by atoms with Crippen LogP contribution in [0.3, 0.4) is 0 Å². The van der Waals surface area contributed by atoms with Crippen LogP contribution in [0.1, 0.15) is 15.9 Å². The number of esters is 1. The normalized spacial score (nSPS) is 12.7. The highest BCUT2D eigenvalue weighted by molar-refractivity contribution is 6.30. The second-order valence-electron chi connectivity index (χ2n) is 3.89. The van der Waals surface area contributed by atoms with Crippen molar-refractivity contribution in [1.82, 2.24) is 5.32 Å². The van der Waals surface area contributed by atoms with Crippen LogP contribution in [0.4, 0.5) is 17.6 Å². The molecule has 1 N–H and O–H groups in total. The van der Waals surface area contributed by atoms with E-state index in [0.717, 1.165) is 7.11 Å². The zero-order valence-corrected chi connectivity index (χ0v) is 11.4. The molecule has 1 unspecified atom stereocenters. The molecule has 1 rings (SSSR count). The molecule has 0 aliphatic rings. The van der Waals surface area contributed by atoms with Gasteiger partial charge in [-0.1, -0.05) is 0 Å². The Morgan fingerprint density at radius 3 is 2.52 bits per heavy atom. The summed E-state index contributed by atoms with van der Waals surface area (Å²) in [6, 6.07) is 1.44. The molecule has 1 atom stereocenters. The lowest BCUT2D eigenvalue weighted by Gasteiger charge is -2.11. The predicted molar refractivity (Wildman–Crippen MR) is 65.4 cm³/mol. The van der Waals surface area contributed by atoms with Gasteiger partial charge in [0.1, 0.15) is 11.2 Å².